The third kappa shape index (κ3) is 2.65. The Bertz CT molecular complexity index is 563. The lowest BCUT2D eigenvalue weighted by molar-refractivity contribution is 0.102. The van der Waals surface area contributed by atoms with E-state index in [1.165, 1.54) is 6.20 Å². The summed E-state index contributed by atoms with van der Waals surface area (Å²) in [6, 6.07) is 5.39. The first kappa shape index (κ1) is 11.7. The first-order valence-corrected chi connectivity index (χ1v) is 5.53. The second-order valence-corrected chi connectivity index (χ2v) is 4.21. The molecule has 0 saturated carbocycles. The number of aryl methyl sites for hydroxylation is 2. The number of aromatic nitrogens is 2. The minimum atomic E-state index is -0.231. The molecule has 2 N–H and O–H groups in total. The summed E-state index contributed by atoms with van der Waals surface area (Å²) in [4.78, 5) is 18.6. The molecule has 0 saturated heterocycles. The van der Waals surface area contributed by atoms with E-state index >= 15 is 0 Å². The van der Waals surface area contributed by atoms with E-state index in [-0.39, 0.29) is 5.91 Å². The Hall–Kier alpha value is -1.81. The number of aromatic amines is 1. The van der Waals surface area contributed by atoms with Gasteiger partial charge in [0.1, 0.15) is 11.5 Å². The van der Waals surface area contributed by atoms with Crippen LogP contribution >= 0.6 is 11.6 Å². The number of hydrogen-bond acceptors (Lipinski definition) is 2. The zero-order chi connectivity index (χ0) is 12.4. The molecule has 1 heterocycles. The second kappa shape index (κ2) is 4.59. The summed E-state index contributed by atoms with van der Waals surface area (Å²) in [5.41, 5.74) is 2.07. The minimum Gasteiger partial charge on any atom is -0.338 e. The Morgan fingerprint density at radius 3 is 2.76 bits per heavy atom. The molecular weight excluding hydrogens is 238 g/mol. The second-order valence-electron chi connectivity index (χ2n) is 3.80. The van der Waals surface area contributed by atoms with Gasteiger partial charge in [-0.25, -0.2) is 4.98 Å². The molecule has 5 heteroatoms. The summed E-state index contributed by atoms with van der Waals surface area (Å²) < 4.78 is 0. The fourth-order valence-electron chi connectivity index (χ4n) is 1.41. The predicted molar refractivity (Wildman–Crippen MR) is 67.5 cm³/mol. The average molecular weight is 250 g/mol. The van der Waals surface area contributed by atoms with Crippen LogP contribution < -0.4 is 5.32 Å². The van der Waals surface area contributed by atoms with Gasteiger partial charge in [0.15, 0.2) is 0 Å². The molecule has 1 amide bonds. The molecule has 0 aliphatic rings. The third-order valence-electron chi connectivity index (χ3n) is 2.38. The van der Waals surface area contributed by atoms with E-state index < -0.39 is 0 Å². The smallest absolute Gasteiger partial charge is 0.273 e. The van der Waals surface area contributed by atoms with Gasteiger partial charge in [-0.05, 0) is 31.5 Å². The fraction of sp³-hybridized carbons (Fsp3) is 0.167. The Morgan fingerprint density at radius 1 is 1.41 bits per heavy atom. The van der Waals surface area contributed by atoms with Crippen LogP contribution in [0.4, 0.5) is 5.69 Å². The number of carbonyl (C=O) groups excluding carboxylic acids is 1. The van der Waals surface area contributed by atoms with Crippen LogP contribution in [0.2, 0.25) is 5.02 Å². The molecule has 0 fully saturated rings. The van der Waals surface area contributed by atoms with Gasteiger partial charge < -0.3 is 10.3 Å². The number of hydrogen-bond donors (Lipinski definition) is 2. The highest BCUT2D eigenvalue weighted by Crippen LogP contribution is 2.20. The van der Waals surface area contributed by atoms with Crippen LogP contribution in [0, 0.1) is 13.8 Å². The van der Waals surface area contributed by atoms with E-state index in [1.807, 2.05) is 19.1 Å². The number of anilines is 1. The van der Waals surface area contributed by atoms with Gasteiger partial charge in [-0.3, -0.25) is 4.79 Å². The number of carbonyl (C=O) groups is 1. The van der Waals surface area contributed by atoms with E-state index in [0.717, 1.165) is 5.56 Å². The van der Waals surface area contributed by atoms with Crippen LogP contribution in [-0.2, 0) is 0 Å². The average Bonchev–Trinajstić information content (AvgIpc) is 2.70. The molecule has 0 bridgehead atoms. The molecule has 1 aromatic carbocycles. The summed E-state index contributed by atoms with van der Waals surface area (Å²) in [7, 11) is 0. The molecule has 0 atom stereocenters. The van der Waals surface area contributed by atoms with Crippen LogP contribution in [-0.4, -0.2) is 15.9 Å². The number of H-pyrrole nitrogens is 1. The normalized spacial score (nSPS) is 10.3. The topological polar surface area (TPSA) is 57.8 Å². The summed E-state index contributed by atoms with van der Waals surface area (Å²) >= 11 is 5.98. The maximum Gasteiger partial charge on any atom is 0.273 e. The molecular formula is C12H12ClN3O. The van der Waals surface area contributed by atoms with Crippen LogP contribution in [0.1, 0.15) is 21.9 Å². The van der Waals surface area contributed by atoms with Crippen molar-refractivity contribution in [2.24, 2.45) is 0 Å². The molecule has 88 valence electrons. The van der Waals surface area contributed by atoms with Gasteiger partial charge in [-0.2, -0.15) is 0 Å². The molecule has 0 aliphatic heterocycles. The molecule has 17 heavy (non-hydrogen) atoms. The van der Waals surface area contributed by atoms with Crippen molar-refractivity contribution in [3.63, 3.8) is 0 Å². The molecule has 0 aliphatic carbocycles. The van der Waals surface area contributed by atoms with Crippen molar-refractivity contribution in [2.45, 2.75) is 13.8 Å². The summed E-state index contributed by atoms with van der Waals surface area (Å²) in [5, 5.41) is 3.37. The van der Waals surface area contributed by atoms with Crippen LogP contribution in [0.3, 0.4) is 0 Å². The summed E-state index contributed by atoms with van der Waals surface area (Å²) in [5.74, 6) is 0.475. The van der Waals surface area contributed by atoms with E-state index in [2.05, 4.69) is 15.3 Å². The van der Waals surface area contributed by atoms with Gasteiger partial charge in [0, 0.05) is 10.7 Å². The van der Waals surface area contributed by atoms with Crippen LogP contribution in [0.15, 0.2) is 24.4 Å². The van der Waals surface area contributed by atoms with Crippen molar-refractivity contribution in [2.75, 3.05) is 5.32 Å². The predicted octanol–water partition coefficient (Wildman–Crippen LogP) is 2.93. The Labute approximate surface area is 104 Å². The maximum atomic E-state index is 11.8. The highest BCUT2D eigenvalue weighted by Gasteiger charge is 2.08. The van der Waals surface area contributed by atoms with Gasteiger partial charge >= 0.3 is 0 Å². The van der Waals surface area contributed by atoms with Crippen LogP contribution in [0.5, 0.6) is 0 Å². The highest BCUT2D eigenvalue weighted by molar-refractivity contribution is 6.31. The molecule has 0 radical (unpaired) electrons. The van der Waals surface area contributed by atoms with Crippen molar-refractivity contribution in [1.29, 1.82) is 0 Å². The molecule has 2 aromatic rings. The zero-order valence-corrected chi connectivity index (χ0v) is 10.3. The highest BCUT2D eigenvalue weighted by atomic mass is 35.5. The lowest BCUT2D eigenvalue weighted by Gasteiger charge is -2.05. The van der Waals surface area contributed by atoms with Crippen molar-refractivity contribution in [1.82, 2.24) is 9.97 Å². The lowest BCUT2D eigenvalue weighted by atomic mass is 10.2. The summed E-state index contributed by atoms with van der Waals surface area (Å²) in [6.45, 7) is 3.70. The summed E-state index contributed by atoms with van der Waals surface area (Å²) in [6.07, 6.45) is 1.50. The monoisotopic (exact) mass is 249 g/mol. The largest absolute Gasteiger partial charge is 0.338 e. The Balaban J connectivity index is 2.15. The SMILES string of the molecule is Cc1ncc(C(=O)Nc2ccc(C)c(Cl)c2)[nH]1. The number of rotatable bonds is 2. The molecule has 0 spiro atoms. The van der Waals surface area contributed by atoms with Gasteiger partial charge in [0.05, 0.1) is 6.20 Å². The number of benzene rings is 1. The van der Waals surface area contributed by atoms with E-state index in [0.29, 0.717) is 22.2 Å². The third-order valence-corrected chi connectivity index (χ3v) is 2.78. The fourth-order valence-corrected chi connectivity index (χ4v) is 1.59. The van der Waals surface area contributed by atoms with Crippen molar-refractivity contribution >= 4 is 23.2 Å². The number of nitrogens with zero attached hydrogens (tertiary/aromatic N) is 1. The van der Waals surface area contributed by atoms with E-state index in [1.54, 1.807) is 13.0 Å². The van der Waals surface area contributed by atoms with E-state index in [9.17, 15) is 4.79 Å². The first-order valence-electron chi connectivity index (χ1n) is 5.15. The van der Waals surface area contributed by atoms with Crippen molar-refractivity contribution in [3.8, 4) is 0 Å². The van der Waals surface area contributed by atoms with Crippen LogP contribution in [0.25, 0.3) is 0 Å². The minimum absolute atomic E-state index is 0.231. The first-order chi connectivity index (χ1) is 8.06. The molecule has 2 rings (SSSR count). The van der Waals surface area contributed by atoms with Gasteiger partial charge in [-0.1, -0.05) is 17.7 Å². The van der Waals surface area contributed by atoms with Crippen molar-refractivity contribution < 1.29 is 4.79 Å². The lowest BCUT2D eigenvalue weighted by Crippen LogP contribution is -2.12. The number of imidazole rings is 1. The zero-order valence-electron chi connectivity index (χ0n) is 9.54. The van der Waals surface area contributed by atoms with E-state index in [4.69, 9.17) is 11.6 Å². The molecule has 0 unspecified atom stereocenters. The van der Waals surface area contributed by atoms with Crippen molar-refractivity contribution in [3.05, 3.63) is 46.5 Å². The molecule has 1 aromatic heterocycles. The van der Waals surface area contributed by atoms with Gasteiger partial charge in [-0.15, -0.1) is 0 Å². The maximum absolute atomic E-state index is 11.8. The number of amides is 1. The quantitative estimate of drug-likeness (QED) is 0.860. The molecule has 4 nitrogen and oxygen atoms in total. The number of nitrogens with one attached hydrogen (secondary N) is 2. The van der Waals surface area contributed by atoms with Gasteiger partial charge in [0.2, 0.25) is 0 Å². The Morgan fingerprint density at radius 2 is 2.18 bits per heavy atom. The standard InChI is InChI=1S/C12H12ClN3O/c1-7-3-4-9(5-10(7)13)16-12(17)11-6-14-8(2)15-11/h3-6H,1-2H3,(H,14,15)(H,16,17). The Kier molecular flexibility index (Phi) is 3.15. The number of halogens is 1. The van der Waals surface area contributed by atoms with Gasteiger partial charge in [0.25, 0.3) is 5.91 Å².